The Morgan fingerprint density at radius 2 is 1.68 bits per heavy atom. The van der Waals surface area contributed by atoms with Crippen LogP contribution >= 0.6 is 0 Å². The fourth-order valence-corrected chi connectivity index (χ4v) is 6.43. The number of aryl methyl sites for hydroxylation is 2. The predicted molar refractivity (Wildman–Crippen MR) is 157 cm³/mol. The molecule has 0 radical (unpaired) electrons. The first-order chi connectivity index (χ1) is 19.7. The van der Waals surface area contributed by atoms with Crippen molar-refractivity contribution in [1.29, 1.82) is 0 Å². The maximum absolute atomic E-state index is 13.9. The third-order valence-corrected chi connectivity index (χ3v) is 9.16. The van der Waals surface area contributed by atoms with Crippen LogP contribution in [0.3, 0.4) is 0 Å². The second-order valence-electron chi connectivity index (χ2n) is 10.6. The zero-order valence-electron chi connectivity index (χ0n) is 23.3. The van der Waals surface area contributed by atoms with Crippen LogP contribution in [0.5, 0.6) is 0 Å². The standard InChI is InChI=1S/C32H34N2O6S/c1-23-10-13-28(14-11-23)41(37,38)34(20-27-9-6-16-39-27)21-31(35)33(18-25-7-4-3-5-8-25)19-26-22-40-30-15-12-24(2)17-29(30)32(26)36/h3-5,7-8,10-15,17,22,27H,6,9,16,18-21H2,1-2H3/t27-/m1/s1. The molecule has 0 unspecified atom stereocenters. The quantitative estimate of drug-likeness (QED) is 0.270. The number of rotatable bonds is 10. The second-order valence-corrected chi connectivity index (χ2v) is 12.5. The summed E-state index contributed by atoms with van der Waals surface area (Å²) in [5.41, 5.74) is 3.28. The molecule has 0 bridgehead atoms. The van der Waals surface area contributed by atoms with Gasteiger partial charge in [-0.2, -0.15) is 4.31 Å². The Morgan fingerprint density at radius 1 is 0.951 bits per heavy atom. The number of sulfonamides is 1. The molecule has 1 fully saturated rings. The number of benzene rings is 3. The summed E-state index contributed by atoms with van der Waals surface area (Å²) in [7, 11) is -4.00. The van der Waals surface area contributed by atoms with Gasteiger partial charge < -0.3 is 14.1 Å². The number of carbonyl (C=O) groups excluding carboxylic acids is 1. The van der Waals surface area contributed by atoms with Gasteiger partial charge in [0.2, 0.25) is 15.9 Å². The number of carbonyl (C=O) groups is 1. The highest BCUT2D eigenvalue weighted by Crippen LogP contribution is 2.22. The van der Waals surface area contributed by atoms with E-state index in [1.54, 1.807) is 36.4 Å². The third kappa shape index (κ3) is 6.75. The molecule has 5 rings (SSSR count). The smallest absolute Gasteiger partial charge is 0.243 e. The molecule has 0 N–H and O–H groups in total. The van der Waals surface area contributed by atoms with Crippen molar-refractivity contribution in [3.8, 4) is 0 Å². The number of fused-ring (bicyclic) bond motifs is 1. The number of hydrogen-bond donors (Lipinski definition) is 0. The van der Waals surface area contributed by atoms with Crippen LogP contribution in [-0.2, 0) is 32.6 Å². The molecule has 4 aromatic rings. The van der Waals surface area contributed by atoms with Crippen molar-refractivity contribution >= 4 is 26.9 Å². The Morgan fingerprint density at radius 3 is 2.39 bits per heavy atom. The Bertz CT molecular complexity index is 1680. The molecule has 1 aliphatic rings. The normalized spacial score (nSPS) is 15.4. The third-order valence-electron chi connectivity index (χ3n) is 7.33. The molecule has 1 amide bonds. The maximum Gasteiger partial charge on any atom is 0.243 e. The Kier molecular flexibility index (Phi) is 8.68. The van der Waals surface area contributed by atoms with E-state index in [9.17, 15) is 18.0 Å². The molecule has 8 nitrogen and oxygen atoms in total. The van der Waals surface area contributed by atoms with Gasteiger partial charge >= 0.3 is 0 Å². The lowest BCUT2D eigenvalue weighted by molar-refractivity contribution is -0.132. The minimum atomic E-state index is -4.00. The molecular formula is C32H34N2O6S. The van der Waals surface area contributed by atoms with Gasteiger partial charge in [0.25, 0.3) is 0 Å². The molecule has 41 heavy (non-hydrogen) atoms. The van der Waals surface area contributed by atoms with Crippen molar-refractivity contribution in [2.45, 2.75) is 50.8 Å². The number of ether oxygens (including phenoxy) is 1. The van der Waals surface area contributed by atoms with Gasteiger partial charge in [0.1, 0.15) is 5.58 Å². The van der Waals surface area contributed by atoms with E-state index in [2.05, 4.69) is 0 Å². The van der Waals surface area contributed by atoms with Gasteiger partial charge in [-0.3, -0.25) is 9.59 Å². The highest BCUT2D eigenvalue weighted by molar-refractivity contribution is 7.89. The lowest BCUT2D eigenvalue weighted by Gasteiger charge is -2.28. The molecule has 214 valence electrons. The molecule has 1 saturated heterocycles. The van der Waals surface area contributed by atoms with Gasteiger partial charge in [0.05, 0.1) is 41.3 Å². The topological polar surface area (TPSA) is 97.1 Å². The van der Waals surface area contributed by atoms with E-state index in [0.29, 0.717) is 23.1 Å². The van der Waals surface area contributed by atoms with Crippen LogP contribution in [0.15, 0.2) is 93.2 Å². The number of nitrogens with zero attached hydrogens (tertiary/aromatic N) is 2. The fourth-order valence-electron chi connectivity index (χ4n) is 5.01. The molecule has 0 saturated carbocycles. The summed E-state index contributed by atoms with van der Waals surface area (Å²) < 4.78 is 40.2. The maximum atomic E-state index is 13.9. The van der Waals surface area contributed by atoms with E-state index in [1.807, 2.05) is 50.2 Å². The highest BCUT2D eigenvalue weighted by Gasteiger charge is 2.32. The van der Waals surface area contributed by atoms with Crippen LogP contribution in [-0.4, -0.2) is 49.3 Å². The van der Waals surface area contributed by atoms with Gasteiger partial charge in [-0.1, -0.05) is 59.7 Å². The molecule has 1 atom stereocenters. The number of amides is 1. The highest BCUT2D eigenvalue weighted by atomic mass is 32.2. The zero-order valence-corrected chi connectivity index (χ0v) is 24.1. The van der Waals surface area contributed by atoms with Crippen LogP contribution in [0.2, 0.25) is 0 Å². The van der Waals surface area contributed by atoms with Crippen LogP contribution in [0.4, 0.5) is 0 Å². The first-order valence-electron chi connectivity index (χ1n) is 13.7. The van der Waals surface area contributed by atoms with Crippen molar-refractivity contribution in [3.05, 3.63) is 112 Å². The molecule has 0 spiro atoms. The van der Waals surface area contributed by atoms with Gasteiger partial charge in [-0.25, -0.2) is 8.42 Å². The fraction of sp³-hybridized carbons (Fsp3) is 0.312. The molecular weight excluding hydrogens is 540 g/mol. The van der Waals surface area contributed by atoms with E-state index >= 15 is 0 Å². The predicted octanol–water partition coefficient (Wildman–Crippen LogP) is 4.81. The summed E-state index contributed by atoms with van der Waals surface area (Å²) in [5, 5.41) is 0.441. The van der Waals surface area contributed by atoms with E-state index < -0.39 is 15.9 Å². The van der Waals surface area contributed by atoms with Crippen molar-refractivity contribution in [1.82, 2.24) is 9.21 Å². The summed E-state index contributed by atoms with van der Waals surface area (Å²) in [6.45, 7) is 4.19. The largest absolute Gasteiger partial charge is 0.464 e. The lowest BCUT2D eigenvalue weighted by Crippen LogP contribution is -2.45. The van der Waals surface area contributed by atoms with Crippen molar-refractivity contribution in [3.63, 3.8) is 0 Å². The van der Waals surface area contributed by atoms with Crippen molar-refractivity contribution < 1.29 is 22.4 Å². The average Bonchev–Trinajstić information content (AvgIpc) is 3.48. The van der Waals surface area contributed by atoms with Crippen molar-refractivity contribution in [2.24, 2.45) is 0 Å². The molecule has 2 heterocycles. The van der Waals surface area contributed by atoms with Crippen molar-refractivity contribution in [2.75, 3.05) is 19.7 Å². The molecule has 1 aliphatic heterocycles. The first-order valence-corrected chi connectivity index (χ1v) is 15.2. The molecule has 0 aliphatic carbocycles. The van der Waals surface area contributed by atoms with Crippen LogP contribution in [0.1, 0.15) is 35.1 Å². The minimum Gasteiger partial charge on any atom is -0.464 e. The first kappa shape index (κ1) is 28.7. The van der Waals surface area contributed by atoms with Crippen LogP contribution in [0.25, 0.3) is 11.0 Å². The van der Waals surface area contributed by atoms with Gasteiger partial charge in [-0.15, -0.1) is 0 Å². The average molecular weight is 575 g/mol. The lowest BCUT2D eigenvalue weighted by atomic mass is 10.1. The summed E-state index contributed by atoms with van der Waals surface area (Å²) in [6.07, 6.45) is 2.66. The van der Waals surface area contributed by atoms with Gasteiger partial charge in [0.15, 0.2) is 5.43 Å². The Hall–Kier alpha value is -3.79. The SMILES string of the molecule is Cc1ccc(S(=O)(=O)N(CC(=O)N(Cc2ccccc2)Cc2coc3ccc(C)cc3c2=O)C[C@H]2CCCO2)cc1. The Balaban J connectivity index is 1.47. The van der Waals surface area contributed by atoms with E-state index in [1.165, 1.54) is 15.5 Å². The minimum absolute atomic E-state index is 0.0295. The molecule has 3 aromatic carbocycles. The monoisotopic (exact) mass is 574 g/mol. The number of hydrogen-bond acceptors (Lipinski definition) is 6. The summed E-state index contributed by atoms with van der Waals surface area (Å²) in [6, 6.07) is 21.4. The summed E-state index contributed by atoms with van der Waals surface area (Å²) in [4.78, 5) is 29.0. The van der Waals surface area contributed by atoms with Crippen LogP contribution in [0, 0.1) is 13.8 Å². The van der Waals surface area contributed by atoms with E-state index in [-0.39, 0.29) is 42.6 Å². The second kappa shape index (κ2) is 12.4. The Labute approximate surface area is 240 Å². The summed E-state index contributed by atoms with van der Waals surface area (Å²) in [5.74, 6) is -0.425. The molecule has 9 heteroatoms. The van der Waals surface area contributed by atoms with Crippen LogP contribution < -0.4 is 5.43 Å². The van der Waals surface area contributed by atoms with E-state index in [0.717, 1.165) is 29.5 Å². The molecule has 1 aromatic heterocycles. The zero-order chi connectivity index (χ0) is 29.0. The van der Waals surface area contributed by atoms with Gasteiger partial charge in [-0.05, 0) is 56.5 Å². The van der Waals surface area contributed by atoms with Gasteiger partial charge in [0, 0.05) is 19.7 Å². The summed E-state index contributed by atoms with van der Waals surface area (Å²) >= 11 is 0. The van der Waals surface area contributed by atoms with E-state index in [4.69, 9.17) is 9.15 Å².